The minimum absolute atomic E-state index is 0.0575. The van der Waals surface area contributed by atoms with E-state index in [2.05, 4.69) is 17.9 Å². The van der Waals surface area contributed by atoms with Crippen LogP contribution in [0.15, 0.2) is 24.3 Å². The van der Waals surface area contributed by atoms with E-state index in [1.807, 2.05) is 6.92 Å². The minimum atomic E-state index is -0.674. The first-order valence-electron chi connectivity index (χ1n) is 4.68. The summed E-state index contributed by atoms with van der Waals surface area (Å²) in [5, 5.41) is 0. The van der Waals surface area contributed by atoms with Crippen molar-refractivity contribution in [2.75, 3.05) is 13.7 Å². The molecule has 0 N–H and O–H groups in total. The van der Waals surface area contributed by atoms with E-state index in [0.717, 1.165) is 12.8 Å². The molecule has 0 rings (SSSR count). The van der Waals surface area contributed by atoms with Crippen LogP contribution in [0.1, 0.15) is 19.8 Å². The van der Waals surface area contributed by atoms with Crippen molar-refractivity contribution in [2.45, 2.75) is 19.8 Å². The van der Waals surface area contributed by atoms with Crippen LogP contribution < -0.4 is 0 Å². The Morgan fingerprint density at radius 1 is 1.13 bits per heavy atom. The zero-order valence-electron chi connectivity index (χ0n) is 9.17. The largest absolute Gasteiger partial charge is 0.465 e. The molecule has 0 aromatic rings. The summed E-state index contributed by atoms with van der Waals surface area (Å²) in [6, 6.07) is 0. The lowest BCUT2D eigenvalue weighted by Crippen LogP contribution is -2.15. The van der Waals surface area contributed by atoms with Crippen LogP contribution in [-0.4, -0.2) is 25.7 Å². The number of hydrogen-bond donors (Lipinski definition) is 0. The number of ether oxygens (including phenoxy) is 2. The number of methoxy groups -OCH3 is 1. The summed E-state index contributed by atoms with van der Waals surface area (Å²) in [4.78, 5) is 22.3. The molecular weight excluding hydrogens is 196 g/mol. The van der Waals surface area contributed by atoms with E-state index in [0.29, 0.717) is 6.61 Å². The summed E-state index contributed by atoms with van der Waals surface area (Å²) in [6.45, 7) is 9.13. The summed E-state index contributed by atoms with van der Waals surface area (Å²) in [7, 11) is 1.21. The van der Waals surface area contributed by atoms with Gasteiger partial charge in [0.25, 0.3) is 0 Å². The van der Waals surface area contributed by atoms with Crippen LogP contribution in [0.2, 0.25) is 0 Å². The van der Waals surface area contributed by atoms with Crippen molar-refractivity contribution in [1.82, 2.24) is 0 Å². The molecule has 0 amide bonds. The first kappa shape index (κ1) is 13.4. The Labute approximate surface area is 89.6 Å². The molecule has 0 aliphatic rings. The molecule has 4 nitrogen and oxygen atoms in total. The molecule has 0 aliphatic heterocycles. The van der Waals surface area contributed by atoms with Gasteiger partial charge in [0.1, 0.15) is 0 Å². The Morgan fingerprint density at radius 3 is 2.13 bits per heavy atom. The molecule has 84 valence electrons. The standard InChI is InChI=1S/C11H16O4/c1-5-6-7-15-11(13)9(3)8(2)10(12)14-4/h2-3,5-7H2,1,4H3. The lowest BCUT2D eigenvalue weighted by atomic mass is 10.1. The average molecular weight is 212 g/mol. The molecule has 4 heteroatoms. The van der Waals surface area contributed by atoms with Crippen molar-refractivity contribution in [3.05, 3.63) is 24.3 Å². The maximum Gasteiger partial charge on any atom is 0.338 e. The van der Waals surface area contributed by atoms with Gasteiger partial charge in [-0.25, -0.2) is 9.59 Å². The molecule has 0 fully saturated rings. The van der Waals surface area contributed by atoms with E-state index < -0.39 is 11.9 Å². The first-order chi connectivity index (χ1) is 7.04. The molecule has 0 heterocycles. The fraction of sp³-hybridized carbons (Fsp3) is 0.455. The number of esters is 2. The lowest BCUT2D eigenvalue weighted by molar-refractivity contribution is -0.141. The average Bonchev–Trinajstić information content (AvgIpc) is 2.26. The molecule has 0 saturated heterocycles. The Balaban J connectivity index is 4.15. The van der Waals surface area contributed by atoms with E-state index in [1.165, 1.54) is 7.11 Å². The van der Waals surface area contributed by atoms with Gasteiger partial charge in [-0.2, -0.15) is 0 Å². The maximum atomic E-state index is 11.3. The lowest BCUT2D eigenvalue weighted by Gasteiger charge is -2.07. The van der Waals surface area contributed by atoms with Gasteiger partial charge >= 0.3 is 11.9 Å². The van der Waals surface area contributed by atoms with Gasteiger partial charge < -0.3 is 9.47 Å². The van der Waals surface area contributed by atoms with Gasteiger partial charge in [-0.15, -0.1) is 0 Å². The van der Waals surface area contributed by atoms with Crippen LogP contribution in [0, 0.1) is 0 Å². The predicted molar refractivity (Wildman–Crippen MR) is 56.2 cm³/mol. The topological polar surface area (TPSA) is 52.6 Å². The van der Waals surface area contributed by atoms with Gasteiger partial charge in [-0.05, 0) is 6.42 Å². The van der Waals surface area contributed by atoms with Gasteiger partial charge in [-0.3, -0.25) is 0 Å². The zero-order valence-corrected chi connectivity index (χ0v) is 9.17. The highest BCUT2D eigenvalue weighted by atomic mass is 16.5. The van der Waals surface area contributed by atoms with Crippen molar-refractivity contribution in [1.29, 1.82) is 0 Å². The van der Waals surface area contributed by atoms with E-state index in [9.17, 15) is 9.59 Å². The molecule has 15 heavy (non-hydrogen) atoms. The van der Waals surface area contributed by atoms with Gasteiger partial charge in [0.05, 0.1) is 24.9 Å². The third kappa shape index (κ3) is 4.44. The highest BCUT2D eigenvalue weighted by Gasteiger charge is 2.18. The van der Waals surface area contributed by atoms with Crippen molar-refractivity contribution in [3.8, 4) is 0 Å². The maximum absolute atomic E-state index is 11.3. The number of rotatable bonds is 6. The van der Waals surface area contributed by atoms with Crippen molar-refractivity contribution in [2.24, 2.45) is 0 Å². The van der Waals surface area contributed by atoms with Crippen LogP contribution in [-0.2, 0) is 19.1 Å². The SMILES string of the molecule is C=C(C(=C)C(=O)OCCCC)C(=O)OC. The molecule has 0 atom stereocenters. The summed E-state index contributed by atoms with van der Waals surface area (Å²) >= 11 is 0. The smallest absolute Gasteiger partial charge is 0.338 e. The second-order valence-electron chi connectivity index (χ2n) is 2.94. The minimum Gasteiger partial charge on any atom is -0.465 e. The van der Waals surface area contributed by atoms with Crippen LogP contribution in [0.5, 0.6) is 0 Å². The first-order valence-corrected chi connectivity index (χ1v) is 4.68. The van der Waals surface area contributed by atoms with E-state index in [4.69, 9.17) is 4.74 Å². The summed E-state index contributed by atoms with van der Waals surface area (Å²) in [5.41, 5.74) is -0.128. The third-order valence-electron chi connectivity index (χ3n) is 1.77. The van der Waals surface area contributed by atoms with Crippen molar-refractivity contribution in [3.63, 3.8) is 0 Å². The van der Waals surface area contributed by atoms with Crippen molar-refractivity contribution >= 4 is 11.9 Å². The molecule has 0 aliphatic carbocycles. The highest BCUT2D eigenvalue weighted by molar-refractivity contribution is 6.05. The second kappa shape index (κ2) is 6.81. The van der Waals surface area contributed by atoms with Crippen LogP contribution in [0.25, 0.3) is 0 Å². The van der Waals surface area contributed by atoms with Crippen LogP contribution in [0.3, 0.4) is 0 Å². The fourth-order valence-electron chi connectivity index (χ4n) is 0.766. The molecule has 0 unspecified atom stereocenters. The molecule has 0 aromatic heterocycles. The molecule has 0 radical (unpaired) electrons. The third-order valence-corrected chi connectivity index (χ3v) is 1.77. The molecular formula is C11H16O4. The van der Waals surface area contributed by atoms with E-state index in [1.54, 1.807) is 0 Å². The van der Waals surface area contributed by atoms with Crippen LogP contribution >= 0.6 is 0 Å². The van der Waals surface area contributed by atoms with Gasteiger partial charge in [0.2, 0.25) is 0 Å². The Morgan fingerprint density at radius 2 is 1.67 bits per heavy atom. The number of unbranched alkanes of at least 4 members (excludes halogenated alkanes) is 1. The molecule has 0 spiro atoms. The summed E-state index contributed by atoms with van der Waals surface area (Å²) < 4.78 is 9.25. The highest BCUT2D eigenvalue weighted by Crippen LogP contribution is 2.09. The van der Waals surface area contributed by atoms with Gasteiger partial charge in [0, 0.05) is 0 Å². The number of carbonyl (C=O) groups is 2. The van der Waals surface area contributed by atoms with E-state index in [-0.39, 0.29) is 11.1 Å². The quantitative estimate of drug-likeness (QED) is 0.290. The van der Waals surface area contributed by atoms with E-state index >= 15 is 0 Å². The molecule has 0 aromatic carbocycles. The Bertz CT molecular complexity index is 278. The normalized spacial score (nSPS) is 9.20. The van der Waals surface area contributed by atoms with Crippen LogP contribution in [0.4, 0.5) is 0 Å². The summed E-state index contributed by atoms with van der Waals surface area (Å²) in [6.07, 6.45) is 1.71. The summed E-state index contributed by atoms with van der Waals surface area (Å²) in [5.74, 6) is -1.30. The predicted octanol–water partition coefficient (Wildman–Crippen LogP) is 1.62. The fourth-order valence-corrected chi connectivity index (χ4v) is 0.766. The van der Waals surface area contributed by atoms with Gasteiger partial charge in [-0.1, -0.05) is 26.5 Å². The number of carbonyl (C=O) groups excluding carboxylic acids is 2. The molecule has 0 bridgehead atoms. The molecule has 0 saturated carbocycles. The number of hydrogen-bond acceptors (Lipinski definition) is 4. The van der Waals surface area contributed by atoms with Gasteiger partial charge in [0.15, 0.2) is 0 Å². The van der Waals surface area contributed by atoms with Crippen molar-refractivity contribution < 1.29 is 19.1 Å². The Kier molecular flexibility index (Phi) is 6.09. The monoisotopic (exact) mass is 212 g/mol. The second-order valence-corrected chi connectivity index (χ2v) is 2.94. The zero-order chi connectivity index (χ0) is 11.8. The Hall–Kier alpha value is -1.58.